The smallest absolute Gasteiger partial charge is 0.131 e. The van der Waals surface area contributed by atoms with Crippen molar-refractivity contribution in [2.24, 2.45) is 5.73 Å². The van der Waals surface area contributed by atoms with Gasteiger partial charge in [-0.1, -0.05) is 6.07 Å². The molecule has 0 fully saturated rings. The minimum absolute atomic E-state index is 0.538. The molecule has 2 rings (SSSR count). The average molecular weight is 187 g/mol. The summed E-state index contributed by atoms with van der Waals surface area (Å²) in [7, 11) is 0. The van der Waals surface area contributed by atoms with Gasteiger partial charge in [0.15, 0.2) is 0 Å². The first-order valence-electron chi connectivity index (χ1n) is 4.56. The number of pyridine rings is 1. The molecule has 0 saturated carbocycles. The Balaban J connectivity index is 2.80. The van der Waals surface area contributed by atoms with E-state index in [1.54, 1.807) is 6.20 Å². The third-order valence-corrected chi connectivity index (χ3v) is 2.47. The van der Waals surface area contributed by atoms with Crippen molar-refractivity contribution < 1.29 is 0 Å². The summed E-state index contributed by atoms with van der Waals surface area (Å²) in [5.74, 6) is 0.567. The number of nitrogens with two attached hydrogens (primary N) is 2. The van der Waals surface area contributed by atoms with Crippen molar-refractivity contribution in [2.45, 2.75) is 13.5 Å². The highest BCUT2D eigenvalue weighted by Gasteiger charge is 2.02. The number of hydrogen-bond donors (Lipinski definition) is 2. The van der Waals surface area contributed by atoms with E-state index in [0.717, 1.165) is 16.3 Å². The fourth-order valence-corrected chi connectivity index (χ4v) is 1.62. The molecule has 3 nitrogen and oxygen atoms in total. The Morgan fingerprint density at radius 1 is 1.36 bits per heavy atom. The number of fused-ring (bicyclic) bond motifs is 1. The van der Waals surface area contributed by atoms with Gasteiger partial charge >= 0.3 is 0 Å². The molecule has 14 heavy (non-hydrogen) atoms. The maximum absolute atomic E-state index is 5.78. The Labute approximate surface area is 82.7 Å². The van der Waals surface area contributed by atoms with Crippen molar-refractivity contribution in [2.75, 3.05) is 5.73 Å². The first-order chi connectivity index (χ1) is 6.72. The quantitative estimate of drug-likeness (QED) is 0.712. The van der Waals surface area contributed by atoms with Gasteiger partial charge < -0.3 is 11.5 Å². The molecule has 0 saturated heterocycles. The molecule has 0 radical (unpaired) electrons. The SMILES string of the molecule is Cc1cc2ccnc(N)c2cc1CN. The van der Waals surface area contributed by atoms with Crippen LogP contribution in [0.2, 0.25) is 0 Å². The summed E-state index contributed by atoms with van der Waals surface area (Å²) in [6.45, 7) is 2.59. The molecule has 0 aliphatic carbocycles. The second-order valence-corrected chi connectivity index (χ2v) is 3.40. The van der Waals surface area contributed by atoms with E-state index in [2.05, 4.69) is 18.0 Å². The Bertz CT molecular complexity index is 477. The summed E-state index contributed by atoms with van der Waals surface area (Å²) < 4.78 is 0. The van der Waals surface area contributed by atoms with Gasteiger partial charge in [0, 0.05) is 18.1 Å². The first kappa shape index (κ1) is 8.97. The lowest BCUT2D eigenvalue weighted by Crippen LogP contribution is -2.00. The molecule has 2 aromatic rings. The second-order valence-electron chi connectivity index (χ2n) is 3.40. The molecule has 0 bridgehead atoms. The van der Waals surface area contributed by atoms with Gasteiger partial charge in [0.2, 0.25) is 0 Å². The van der Waals surface area contributed by atoms with Gasteiger partial charge in [-0.05, 0) is 35.6 Å². The monoisotopic (exact) mass is 187 g/mol. The van der Waals surface area contributed by atoms with Crippen LogP contribution in [-0.2, 0) is 6.54 Å². The number of anilines is 1. The van der Waals surface area contributed by atoms with E-state index in [-0.39, 0.29) is 0 Å². The zero-order chi connectivity index (χ0) is 10.1. The van der Waals surface area contributed by atoms with Crippen LogP contribution >= 0.6 is 0 Å². The lowest BCUT2D eigenvalue weighted by Gasteiger charge is -2.06. The van der Waals surface area contributed by atoms with E-state index in [0.29, 0.717) is 12.4 Å². The van der Waals surface area contributed by atoms with Crippen LogP contribution in [0, 0.1) is 6.92 Å². The molecule has 0 amide bonds. The van der Waals surface area contributed by atoms with Gasteiger partial charge in [-0.25, -0.2) is 4.98 Å². The minimum atomic E-state index is 0.538. The van der Waals surface area contributed by atoms with Crippen molar-refractivity contribution in [1.82, 2.24) is 4.98 Å². The Morgan fingerprint density at radius 3 is 2.86 bits per heavy atom. The van der Waals surface area contributed by atoms with E-state index in [9.17, 15) is 0 Å². The molecule has 0 unspecified atom stereocenters. The predicted octanol–water partition coefficient (Wildman–Crippen LogP) is 1.58. The zero-order valence-electron chi connectivity index (χ0n) is 8.12. The highest BCUT2D eigenvalue weighted by molar-refractivity contribution is 5.91. The minimum Gasteiger partial charge on any atom is -0.383 e. The summed E-state index contributed by atoms with van der Waals surface area (Å²) in [6, 6.07) is 6.07. The van der Waals surface area contributed by atoms with Crippen molar-refractivity contribution in [3.8, 4) is 0 Å². The van der Waals surface area contributed by atoms with Crippen LogP contribution in [-0.4, -0.2) is 4.98 Å². The molecule has 4 N–H and O–H groups in total. The largest absolute Gasteiger partial charge is 0.383 e. The molecule has 1 aromatic carbocycles. The third kappa shape index (κ3) is 1.32. The fraction of sp³-hybridized carbons (Fsp3) is 0.182. The average Bonchev–Trinajstić information content (AvgIpc) is 2.17. The van der Waals surface area contributed by atoms with E-state index in [1.165, 1.54) is 5.56 Å². The van der Waals surface area contributed by atoms with E-state index in [1.807, 2.05) is 12.1 Å². The number of benzene rings is 1. The van der Waals surface area contributed by atoms with Crippen LogP contribution in [0.5, 0.6) is 0 Å². The van der Waals surface area contributed by atoms with Crippen molar-refractivity contribution in [3.63, 3.8) is 0 Å². The number of nitrogens with zero attached hydrogens (tertiary/aromatic N) is 1. The van der Waals surface area contributed by atoms with Gasteiger partial charge in [0.1, 0.15) is 5.82 Å². The Kier molecular flexibility index (Phi) is 2.09. The summed E-state index contributed by atoms with van der Waals surface area (Å²) in [4.78, 5) is 4.05. The summed E-state index contributed by atoms with van der Waals surface area (Å²) in [5, 5.41) is 2.10. The van der Waals surface area contributed by atoms with Gasteiger partial charge in [0.25, 0.3) is 0 Å². The van der Waals surface area contributed by atoms with E-state index >= 15 is 0 Å². The van der Waals surface area contributed by atoms with Crippen LogP contribution < -0.4 is 11.5 Å². The van der Waals surface area contributed by atoms with Gasteiger partial charge in [0.05, 0.1) is 0 Å². The molecule has 0 aliphatic rings. The van der Waals surface area contributed by atoms with Crippen molar-refractivity contribution in [3.05, 3.63) is 35.5 Å². The maximum Gasteiger partial charge on any atom is 0.131 e. The molecule has 3 heteroatoms. The molecule has 0 spiro atoms. The molecule has 0 aliphatic heterocycles. The maximum atomic E-state index is 5.78. The van der Waals surface area contributed by atoms with Crippen molar-refractivity contribution in [1.29, 1.82) is 0 Å². The Hall–Kier alpha value is -1.61. The fourth-order valence-electron chi connectivity index (χ4n) is 1.62. The molecule has 1 heterocycles. The molecule has 0 atom stereocenters. The van der Waals surface area contributed by atoms with Crippen LogP contribution in [0.3, 0.4) is 0 Å². The number of aryl methyl sites for hydroxylation is 1. The van der Waals surface area contributed by atoms with Crippen LogP contribution in [0.25, 0.3) is 10.8 Å². The van der Waals surface area contributed by atoms with Crippen molar-refractivity contribution >= 4 is 16.6 Å². The van der Waals surface area contributed by atoms with Crippen LogP contribution in [0.1, 0.15) is 11.1 Å². The highest BCUT2D eigenvalue weighted by atomic mass is 14.8. The summed E-state index contributed by atoms with van der Waals surface area (Å²) in [5.41, 5.74) is 13.7. The van der Waals surface area contributed by atoms with Gasteiger partial charge in [-0.3, -0.25) is 0 Å². The normalized spacial score (nSPS) is 10.7. The highest BCUT2D eigenvalue weighted by Crippen LogP contribution is 2.22. The van der Waals surface area contributed by atoms with Gasteiger partial charge in [-0.2, -0.15) is 0 Å². The number of rotatable bonds is 1. The molecule has 1 aromatic heterocycles. The lowest BCUT2D eigenvalue weighted by atomic mass is 10.0. The molecule has 72 valence electrons. The molecular formula is C11H13N3. The number of nitrogen functional groups attached to an aromatic ring is 1. The third-order valence-electron chi connectivity index (χ3n) is 2.47. The van der Waals surface area contributed by atoms with Crippen LogP contribution in [0.4, 0.5) is 5.82 Å². The van der Waals surface area contributed by atoms with Gasteiger partial charge in [-0.15, -0.1) is 0 Å². The first-order valence-corrected chi connectivity index (χ1v) is 4.56. The zero-order valence-corrected chi connectivity index (χ0v) is 8.12. The van der Waals surface area contributed by atoms with E-state index < -0.39 is 0 Å². The van der Waals surface area contributed by atoms with Crippen LogP contribution in [0.15, 0.2) is 24.4 Å². The molecular weight excluding hydrogens is 174 g/mol. The predicted molar refractivity (Wildman–Crippen MR) is 58.8 cm³/mol. The lowest BCUT2D eigenvalue weighted by molar-refractivity contribution is 1.05. The summed E-state index contributed by atoms with van der Waals surface area (Å²) >= 11 is 0. The standard InChI is InChI=1S/C11H13N3/c1-7-4-8-2-3-14-11(13)10(8)5-9(7)6-12/h2-5H,6,12H2,1H3,(H2,13,14). The van der Waals surface area contributed by atoms with E-state index in [4.69, 9.17) is 11.5 Å². The number of aromatic nitrogens is 1. The number of hydrogen-bond acceptors (Lipinski definition) is 3. The second kappa shape index (κ2) is 3.27. The Morgan fingerprint density at radius 2 is 2.14 bits per heavy atom. The topological polar surface area (TPSA) is 64.9 Å². The summed E-state index contributed by atoms with van der Waals surface area (Å²) in [6.07, 6.45) is 1.72.